The molecule has 3 N–H and O–H groups in total. The molecule has 0 spiro atoms. The molecule has 1 aromatic heterocycles. The van der Waals surface area contributed by atoms with Crippen molar-refractivity contribution in [2.24, 2.45) is 5.92 Å². The van der Waals surface area contributed by atoms with E-state index < -0.39 is 12.1 Å². The number of aromatic carboxylic acids is 1. The second-order valence-electron chi connectivity index (χ2n) is 4.26. The highest BCUT2D eigenvalue weighted by molar-refractivity contribution is 5.85. The molecular weight excluding hydrogens is 232 g/mol. The number of carboxylic acids is 1. The Hall–Kier alpha value is -1.62. The van der Waals surface area contributed by atoms with Gasteiger partial charge in [-0.2, -0.15) is 0 Å². The minimum atomic E-state index is -1.04. The molecule has 0 fully saturated rings. The van der Waals surface area contributed by atoms with Crippen molar-refractivity contribution in [3.8, 4) is 0 Å². The lowest BCUT2D eigenvalue weighted by Crippen LogP contribution is -2.27. The summed E-state index contributed by atoms with van der Waals surface area (Å²) in [7, 11) is 0. The van der Waals surface area contributed by atoms with Crippen LogP contribution in [0.1, 0.15) is 37.2 Å². The molecule has 1 rings (SSSR count). The van der Waals surface area contributed by atoms with E-state index in [0.29, 0.717) is 12.2 Å². The zero-order valence-corrected chi connectivity index (χ0v) is 10.8. The number of anilines is 1. The number of nitrogens with one attached hydrogen (secondary N) is 1. The number of pyridine rings is 1. The summed E-state index contributed by atoms with van der Waals surface area (Å²) in [5, 5.41) is 21.7. The molecule has 1 unspecified atom stereocenters. The highest BCUT2D eigenvalue weighted by Crippen LogP contribution is 2.14. The van der Waals surface area contributed by atoms with Crippen LogP contribution in [0.2, 0.25) is 0 Å². The van der Waals surface area contributed by atoms with Gasteiger partial charge in [0.1, 0.15) is 5.69 Å². The first-order valence-electron chi connectivity index (χ1n) is 6.19. The second-order valence-corrected chi connectivity index (χ2v) is 4.26. The number of carboxylic acid groups (broad SMARTS) is 1. The number of carbonyl (C=O) groups is 1. The molecule has 0 aliphatic carbocycles. The van der Waals surface area contributed by atoms with Gasteiger partial charge in [-0.05, 0) is 18.1 Å². The van der Waals surface area contributed by atoms with Crippen molar-refractivity contribution in [3.63, 3.8) is 0 Å². The van der Waals surface area contributed by atoms with Crippen molar-refractivity contribution < 1.29 is 15.0 Å². The van der Waals surface area contributed by atoms with Crippen LogP contribution < -0.4 is 5.32 Å². The van der Waals surface area contributed by atoms with E-state index in [1.807, 2.05) is 0 Å². The second kappa shape index (κ2) is 6.96. The Morgan fingerprint density at radius 3 is 2.50 bits per heavy atom. The molecule has 0 saturated carbocycles. The molecular formula is C13H20N2O3. The zero-order valence-electron chi connectivity index (χ0n) is 10.8. The van der Waals surface area contributed by atoms with Crippen molar-refractivity contribution in [2.75, 3.05) is 11.9 Å². The smallest absolute Gasteiger partial charge is 0.354 e. The van der Waals surface area contributed by atoms with Gasteiger partial charge in [0.15, 0.2) is 0 Å². The van der Waals surface area contributed by atoms with E-state index in [1.54, 1.807) is 6.07 Å². The summed E-state index contributed by atoms with van der Waals surface area (Å²) in [5.41, 5.74) is 0.728. The van der Waals surface area contributed by atoms with E-state index in [1.165, 1.54) is 12.3 Å². The van der Waals surface area contributed by atoms with Crippen molar-refractivity contribution in [2.45, 2.75) is 32.8 Å². The molecule has 100 valence electrons. The molecule has 0 aliphatic rings. The largest absolute Gasteiger partial charge is 0.477 e. The standard InChI is InChI=1S/C13H20N2O3/c1-3-9(4-2)12(16)8-14-10-5-6-11(13(17)18)15-7-10/h5-7,9,12,14,16H,3-4,8H2,1-2H3,(H,17,18). The number of aromatic nitrogens is 1. The maximum absolute atomic E-state index is 10.6. The van der Waals surface area contributed by atoms with Crippen molar-refractivity contribution in [1.29, 1.82) is 0 Å². The summed E-state index contributed by atoms with van der Waals surface area (Å²) in [6, 6.07) is 3.09. The van der Waals surface area contributed by atoms with E-state index in [-0.39, 0.29) is 11.6 Å². The van der Waals surface area contributed by atoms with Crippen molar-refractivity contribution in [1.82, 2.24) is 4.98 Å². The van der Waals surface area contributed by atoms with Crippen LogP contribution in [0.25, 0.3) is 0 Å². The van der Waals surface area contributed by atoms with Crippen LogP contribution in [0.15, 0.2) is 18.3 Å². The van der Waals surface area contributed by atoms with E-state index >= 15 is 0 Å². The Kier molecular flexibility index (Phi) is 5.58. The Morgan fingerprint density at radius 2 is 2.06 bits per heavy atom. The first kappa shape index (κ1) is 14.4. The van der Waals surface area contributed by atoms with Gasteiger partial charge < -0.3 is 15.5 Å². The fourth-order valence-electron chi connectivity index (χ4n) is 1.85. The predicted octanol–water partition coefficient (Wildman–Crippen LogP) is 1.99. The van der Waals surface area contributed by atoms with Crippen LogP contribution in [0.4, 0.5) is 5.69 Å². The Morgan fingerprint density at radius 1 is 1.39 bits per heavy atom. The first-order chi connectivity index (χ1) is 8.58. The van der Waals surface area contributed by atoms with Gasteiger partial charge in [-0.1, -0.05) is 26.7 Å². The lowest BCUT2D eigenvalue weighted by atomic mass is 9.96. The Bertz CT molecular complexity index is 374. The van der Waals surface area contributed by atoms with Crippen LogP contribution in [0.3, 0.4) is 0 Å². The van der Waals surface area contributed by atoms with Crippen molar-refractivity contribution >= 4 is 11.7 Å². The van der Waals surface area contributed by atoms with Gasteiger partial charge in [0.2, 0.25) is 0 Å². The van der Waals surface area contributed by atoms with E-state index in [2.05, 4.69) is 24.1 Å². The molecule has 18 heavy (non-hydrogen) atoms. The lowest BCUT2D eigenvalue weighted by molar-refractivity contribution is 0.0690. The van der Waals surface area contributed by atoms with Gasteiger partial charge in [0, 0.05) is 6.54 Å². The average molecular weight is 252 g/mol. The third-order valence-electron chi connectivity index (χ3n) is 3.09. The molecule has 5 heteroatoms. The summed E-state index contributed by atoms with van der Waals surface area (Å²) < 4.78 is 0. The van der Waals surface area contributed by atoms with Crippen LogP contribution in [-0.2, 0) is 0 Å². The van der Waals surface area contributed by atoms with Gasteiger partial charge in [-0.15, -0.1) is 0 Å². The summed E-state index contributed by atoms with van der Waals surface area (Å²) in [6.07, 6.45) is 2.94. The Labute approximate surface area is 107 Å². The van der Waals surface area contributed by atoms with Crippen molar-refractivity contribution in [3.05, 3.63) is 24.0 Å². The molecule has 5 nitrogen and oxygen atoms in total. The lowest BCUT2D eigenvalue weighted by Gasteiger charge is -2.20. The molecule has 0 aliphatic heterocycles. The van der Waals surface area contributed by atoms with Gasteiger partial charge in [0.05, 0.1) is 18.0 Å². The minimum Gasteiger partial charge on any atom is -0.477 e. The highest BCUT2D eigenvalue weighted by atomic mass is 16.4. The maximum Gasteiger partial charge on any atom is 0.354 e. The molecule has 0 bridgehead atoms. The monoisotopic (exact) mass is 252 g/mol. The fourth-order valence-corrected chi connectivity index (χ4v) is 1.85. The fraction of sp³-hybridized carbons (Fsp3) is 0.538. The number of hydrogen-bond acceptors (Lipinski definition) is 4. The molecule has 0 amide bonds. The topological polar surface area (TPSA) is 82.5 Å². The van der Waals surface area contributed by atoms with E-state index in [0.717, 1.165) is 12.8 Å². The van der Waals surface area contributed by atoms with Gasteiger partial charge in [-0.25, -0.2) is 9.78 Å². The van der Waals surface area contributed by atoms with Crippen LogP contribution in [0, 0.1) is 5.92 Å². The van der Waals surface area contributed by atoms with E-state index in [4.69, 9.17) is 5.11 Å². The number of aliphatic hydroxyl groups is 1. The van der Waals surface area contributed by atoms with Gasteiger partial charge >= 0.3 is 5.97 Å². The minimum absolute atomic E-state index is 0.0149. The summed E-state index contributed by atoms with van der Waals surface area (Å²) in [6.45, 7) is 4.56. The predicted molar refractivity (Wildman–Crippen MR) is 69.8 cm³/mol. The third kappa shape index (κ3) is 4.00. The summed E-state index contributed by atoms with van der Waals surface area (Å²) in [5.74, 6) is -0.762. The molecule has 0 aromatic carbocycles. The van der Waals surface area contributed by atoms with Crippen LogP contribution in [-0.4, -0.2) is 33.8 Å². The molecule has 1 heterocycles. The zero-order chi connectivity index (χ0) is 13.5. The first-order valence-corrected chi connectivity index (χ1v) is 6.19. The third-order valence-corrected chi connectivity index (χ3v) is 3.09. The molecule has 1 aromatic rings. The Balaban J connectivity index is 2.50. The quantitative estimate of drug-likeness (QED) is 0.691. The molecule has 1 atom stereocenters. The number of aliphatic hydroxyl groups excluding tert-OH is 1. The molecule has 0 radical (unpaired) electrons. The maximum atomic E-state index is 10.6. The summed E-state index contributed by atoms with van der Waals surface area (Å²) in [4.78, 5) is 14.4. The van der Waals surface area contributed by atoms with E-state index in [9.17, 15) is 9.90 Å². The molecule has 0 saturated heterocycles. The average Bonchev–Trinajstić information content (AvgIpc) is 2.38. The van der Waals surface area contributed by atoms with Crippen LogP contribution >= 0.6 is 0 Å². The highest BCUT2D eigenvalue weighted by Gasteiger charge is 2.15. The SMILES string of the molecule is CCC(CC)C(O)CNc1ccc(C(=O)O)nc1. The number of hydrogen-bond donors (Lipinski definition) is 3. The van der Waals surface area contributed by atoms with Crippen LogP contribution in [0.5, 0.6) is 0 Å². The summed E-state index contributed by atoms with van der Waals surface area (Å²) >= 11 is 0. The van der Waals surface area contributed by atoms with Gasteiger partial charge in [0.25, 0.3) is 0 Å². The number of rotatable bonds is 7. The normalized spacial score (nSPS) is 12.4. The number of nitrogens with zero attached hydrogens (tertiary/aromatic N) is 1. The van der Waals surface area contributed by atoms with Gasteiger partial charge in [-0.3, -0.25) is 0 Å².